The van der Waals surface area contributed by atoms with E-state index in [-0.39, 0.29) is 0 Å². The second-order valence-corrected chi connectivity index (χ2v) is 3.76. The van der Waals surface area contributed by atoms with Crippen LogP contribution in [-0.2, 0) is 11.3 Å². The van der Waals surface area contributed by atoms with Crippen LogP contribution < -0.4 is 15.6 Å². The summed E-state index contributed by atoms with van der Waals surface area (Å²) >= 11 is -2.31. The fourth-order valence-corrected chi connectivity index (χ4v) is 1.63. The van der Waals surface area contributed by atoms with Gasteiger partial charge in [-0.3, -0.25) is 9.22 Å². The molecular weight excluding hydrogens is 214 g/mol. The van der Waals surface area contributed by atoms with Crippen molar-refractivity contribution in [1.82, 2.24) is 4.83 Å². The van der Waals surface area contributed by atoms with Crippen molar-refractivity contribution >= 4 is 22.6 Å². The molecule has 0 aliphatic rings. The third-order valence-electron chi connectivity index (χ3n) is 2.07. The van der Waals surface area contributed by atoms with E-state index in [1.54, 1.807) is 12.1 Å². The number of benzene rings is 1. The average molecular weight is 228 g/mol. The van der Waals surface area contributed by atoms with Crippen LogP contribution in [0.25, 0.3) is 0 Å². The Morgan fingerprint density at radius 3 is 2.73 bits per heavy atom. The summed E-state index contributed by atoms with van der Waals surface area (Å²) < 4.78 is 21.0. The van der Waals surface area contributed by atoms with Crippen LogP contribution >= 0.6 is 0 Å². The Labute approximate surface area is 91.7 Å². The lowest BCUT2D eigenvalue weighted by molar-refractivity contribution is 0.519. The Morgan fingerprint density at radius 2 is 2.27 bits per heavy atom. The smallest absolute Gasteiger partial charge is 0.0533 e. The second kappa shape index (κ2) is 5.11. The van der Waals surface area contributed by atoms with Gasteiger partial charge >= 0.3 is 0 Å². The van der Waals surface area contributed by atoms with E-state index in [1.807, 2.05) is 19.9 Å². The molecule has 6 heteroatoms. The first kappa shape index (κ1) is 12.0. The largest absolute Gasteiger partial charge is 0.759 e. The molecule has 0 amide bonds. The Bertz CT molecular complexity index is 370. The molecule has 0 heterocycles. The van der Waals surface area contributed by atoms with Gasteiger partial charge < -0.3 is 10.3 Å². The molecule has 0 aromatic heterocycles. The molecule has 0 aliphatic heterocycles. The first-order chi connectivity index (χ1) is 7.04. The minimum absolute atomic E-state index is 0.539. The molecule has 0 radical (unpaired) electrons. The molecule has 1 unspecified atom stereocenters. The van der Waals surface area contributed by atoms with Crippen molar-refractivity contribution in [2.24, 2.45) is 0 Å². The van der Waals surface area contributed by atoms with Gasteiger partial charge in [-0.15, -0.1) is 0 Å². The van der Waals surface area contributed by atoms with Gasteiger partial charge in [-0.1, -0.05) is 0 Å². The summed E-state index contributed by atoms with van der Waals surface area (Å²) in [4.78, 5) is 2.30. The van der Waals surface area contributed by atoms with Crippen LogP contribution in [0.2, 0.25) is 0 Å². The quantitative estimate of drug-likeness (QED) is 0.451. The number of rotatable bonds is 4. The van der Waals surface area contributed by atoms with Gasteiger partial charge in [-0.2, -0.15) is 4.83 Å². The number of hydrogen-bond acceptors (Lipinski definition) is 4. The normalized spacial score (nSPS) is 12.5. The highest BCUT2D eigenvalue weighted by Crippen LogP contribution is 2.19. The first-order valence-corrected chi connectivity index (χ1v) is 5.61. The SMILES string of the molecule is CCN(NS(=O)[O-])c1ccc(N)c(C)c1. The molecule has 0 saturated carbocycles. The first-order valence-electron chi connectivity index (χ1n) is 4.53. The maximum Gasteiger partial charge on any atom is 0.0533 e. The number of hydrazine groups is 1. The Kier molecular flexibility index (Phi) is 4.07. The fraction of sp³-hybridized carbons (Fsp3) is 0.333. The van der Waals surface area contributed by atoms with Crippen molar-refractivity contribution in [3.8, 4) is 0 Å². The summed E-state index contributed by atoms with van der Waals surface area (Å²) in [5, 5.41) is 1.52. The van der Waals surface area contributed by atoms with Gasteiger partial charge in [-0.25, -0.2) is 0 Å². The van der Waals surface area contributed by atoms with E-state index >= 15 is 0 Å². The fourth-order valence-electron chi connectivity index (χ4n) is 1.22. The number of nitrogens with one attached hydrogen (secondary N) is 1. The van der Waals surface area contributed by atoms with Crippen molar-refractivity contribution < 1.29 is 8.76 Å². The summed E-state index contributed by atoms with van der Waals surface area (Å²) in [6, 6.07) is 5.35. The van der Waals surface area contributed by atoms with E-state index in [0.717, 1.165) is 11.3 Å². The summed E-state index contributed by atoms with van der Waals surface area (Å²) in [5.74, 6) is 0. The average Bonchev–Trinajstić information content (AvgIpc) is 2.18. The van der Waals surface area contributed by atoms with Crippen LogP contribution in [0.4, 0.5) is 11.4 Å². The van der Waals surface area contributed by atoms with E-state index in [1.165, 1.54) is 5.01 Å². The summed E-state index contributed by atoms with van der Waals surface area (Å²) in [6.07, 6.45) is 0. The van der Waals surface area contributed by atoms with Gasteiger partial charge in [0, 0.05) is 23.5 Å². The highest BCUT2D eigenvalue weighted by Gasteiger charge is 2.04. The Balaban J connectivity index is 2.92. The Morgan fingerprint density at radius 1 is 1.60 bits per heavy atom. The molecule has 84 valence electrons. The molecule has 15 heavy (non-hydrogen) atoms. The maximum absolute atomic E-state index is 10.5. The minimum atomic E-state index is -2.31. The van der Waals surface area contributed by atoms with E-state index in [0.29, 0.717) is 12.2 Å². The van der Waals surface area contributed by atoms with Gasteiger partial charge in [0.25, 0.3) is 0 Å². The molecule has 0 saturated heterocycles. The molecule has 1 aromatic carbocycles. The standard InChI is InChI=1S/C9H15N3O2S/c1-3-12(11-15(13)14)8-4-5-9(10)7(2)6-8/h4-6,11H,3,10H2,1-2H3,(H,13,14)/p-1. The molecule has 1 aromatic rings. The highest BCUT2D eigenvalue weighted by atomic mass is 32.2. The molecule has 3 N–H and O–H groups in total. The zero-order chi connectivity index (χ0) is 11.4. The number of nitrogens with zero attached hydrogens (tertiary/aromatic N) is 1. The maximum atomic E-state index is 10.5. The van der Waals surface area contributed by atoms with Crippen LogP contribution in [0.3, 0.4) is 0 Å². The summed E-state index contributed by atoms with van der Waals surface area (Å²) in [6.45, 7) is 4.27. The Hall–Kier alpha value is -1.11. The van der Waals surface area contributed by atoms with E-state index in [4.69, 9.17) is 5.73 Å². The van der Waals surface area contributed by atoms with Gasteiger partial charge in [0.05, 0.1) is 5.69 Å². The molecule has 0 spiro atoms. The zero-order valence-electron chi connectivity index (χ0n) is 8.69. The molecule has 1 atom stereocenters. The van der Waals surface area contributed by atoms with Gasteiger partial charge in [0.2, 0.25) is 0 Å². The predicted octanol–water partition coefficient (Wildman–Crippen LogP) is 0.702. The van der Waals surface area contributed by atoms with Crippen molar-refractivity contribution in [2.45, 2.75) is 13.8 Å². The molecule has 1 rings (SSSR count). The minimum Gasteiger partial charge on any atom is -0.759 e. The van der Waals surface area contributed by atoms with Gasteiger partial charge in [0.1, 0.15) is 0 Å². The lowest BCUT2D eigenvalue weighted by Gasteiger charge is -2.25. The number of nitrogen functional groups attached to an aromatic ring is 1. The van der Waals surface area contributed by atoms with E-state index in [2.05, 4.69) is 4.83 Å². The number of hydrogen-bond donors (Lipinski definition) is 2. The molecular formula is C9H14N3O2S-. The second-order valence-electron chi connectivity index (χ2n) is 3.11. The van der Waals surface area contributed by atoms with Crippen LogP contribution in [0.15, 0.2) is 18.2 Å². The summed E-state index contributed by atoms with van der Waals surface area (Å²) in [5.41, 5.74) is 8.06. The van der Waals surface area contributed by atoms with Crippen molar-refractivity contribution in [3.05, 3.63) is 23.8 Å². The van der Waals surface area contributed by atoms with E-state index < -0.39 is 11.3 Å². The van der Waals surface area contributed by atoms with Crippen LogP contribution in [0.5, 0.6) is 0 Å². The van der Waals surface area contributed by atoms with Crippen LogP contribution in [0, 0.1) is 6.92 Å². The highest BCUT2D eigenvalue weighted by molar-refractivity contribution is 7.77. The lowest BCUT2D eigenvalue weighted by atomic mass is 10.2. The summed E-state index contributed by atoms with van der Waals surface area (Å²) in [7, 11) is 0. The monoisotopic (exact) mass is 228 g/mol. The molecule has 0 bridgehead atoms. The molecule has 0 aliphatic carbocycles. The van der Waals surface area contributed by atoms with Crippen LogP contribution in [0.1, 0.15) is 12.5 Å². The van der Waals surface area contributed by atoms with Crippen molar-refractivity contribution in [2.75, 3.05) is 17.3 Å². The lowest BCUT2D eigenvalue weighted by Crippen LogP contribution is -2.39. The predicted molar refractivity (Wildman–Crippen MR) is 60.7 cm³/mol. The molecule has 0 fully saturated rings. The third kappa shape index (κ3) is 3.19. The van der Waals surface area contributed by atoms with E-state index in [9.17, 15) is 8.76 Å². The van der Waals surface area contributed by atoms with Crippen molar-refractivity contribution in [1.29, 1.82) is 0 Å². The number of anilines is 2. The number of nitrogens with two attached hydrogens (primary N) is 1. The van der Waals surface area contributed by atoms with Gasteiger partial charge in [0.15, 0.2) is 0 Å². The van der Waals surface area contributed by atoms with Crippen molar-refractivity contribution in [3.63, 3.8) is 0 Å². The van der Waals surface area contributed by atoms with Crippen LogP contribution in [-0.4, -0.2) is 15.3 Å². The topological polar surface area (TPSA) is 81.4 Å². The van der Waals surface area contributed by atoms with Gasteiger partial charge in [-0.05, 0) is 37.6 Å². The third-order valence-corrected chi connectivity index (χ3v) is 2.44. The zero-order valence-corrected chi connectivity index (χ0v) is 9.50. The molecule has 5 nitrogen and oxygen atoms in total. The number of aryl methyl sites for hydroxylation is 1.